The van der Waals surface area contributed by atoms with Gasteiger partial charge in [-0.1, -0.05) is 6.07 Å². The van der Waals surface area contributed by atoms with E-state index in [9.17, 15) is 9.59 Å². The Labute approximate surface area is 142 Å². The molecular formula is C17H25N3O4. The summed E-state index contributed by atoms with van der Waals surface area (Å²) in [6.45, 7) is 4.75. The monoisotopic (exact) mass is 335 g/mol. The van der Waals surface area contributed by atoms with Crippen LogP contribution in [0.1, 0.15) is 17.5 Å². The molecular weight excluding hydrogens is 310 g/mol. The molecule has 0 spiro atoms. The Morgan fingerprint density at radius 2 is 2.00 bits per heavy atom. The molecule has 1 aliphatic rings. The molecule has 0 aromatic heterocycles. The molecule has 1 aliphatic heterocycles. The lowest BCUT2D eigenvalue weighted by molar-refractivity contribution is -0.117. The number of ether oxygens (including phenoxy) is 2. The van der Waals surface area contributed by atoms with Gasteiger partial charge < -0.3 is 25.0 Å². The average molecular weight is 335 g/mol. The van der Waals surface area contributed by atoms with Crippen LogP contribution in [0.2, 0.25) is 0 Å². The van der Waals surface area contributed by atoms with Gasteiger partial charge in [-0.25, -0.2) is 4.79 Å². The second-order valence-electron chi connectivity index (χ2n) is 5.93. The molecule has 1 aromatic rings. The highest BCUT2D eigenvalue weighted by atomic mass is 16.7. The Bertz CT molecular complexity index is 601. The number of nitrogens with zero attached hydrogens (tertiary/aromatic N) is 1. The zero-order valence-electron chi connectivity index (χ0n) is 14.6. The van der Waals surface area contributed by atoms with Gasteiger partial charge in [0.05, 0.1) is 12.6 Å². The zero-order valence-corrected chi connectivity index (χ0v) is 14.6. The van der Waals surface area contributed by atoms with Gasteiger partial charge in [0.2, 0.25) is 5.91 Å². The molecule has 0 aliphatic carbocycles. The van der Waals surface area contributed by atoms with E-state index in [1.807, 2.05) is 32.0 Å². The summed E-state index contributed by atoms with van der Waals surface area (Å²) in [7, 11) is 3.01. The van der Waals surface area contributed by atoms with Crippen LogP contribution in [-0.4, -0.2) is 51.6 Å². The van der Waals surface area contributed by atoms with Gasteiger partial charge in [-0.3, -0.25) is 4.79 Å². The fourth-order valence-corrected chi connectivity index (χ4v) is 2.62. The fraction of sp³-hybridized carbons (Fsp3) is 0.529. The third-order valence-electron chi connectivity index (χ3n) is 4.22. The molecule has 0 bridgehead atoms. The standard InChI is InChI=1S/C17H25N3O4/c1-11-5-6-14(7-12(11)2)20-10-13(8-15(20)21)19-17(22)18-9-16(23-3)24-4/h5-7,13,16H,8-10H2,1-4H3,(H2,18,19,22). The molecule has 2 rings (SSSR count). The van der Waals surface area contributed by atoms with Crippen molar-refractivity contribution in [3.8, 4) is 0 Å². The molecule has 24 heavy (non-hydrogen) atoms. The van der Waals surface area contributed by atoms with Crippen molar-refractivity contribution >= 4 is 17.6 Å². The molecule has 7 heteroatoms. The minimum absolute atomic E-state index is 0.00946. The van der Waals surface area contributed by atoms with Crippen LogP contribution < -0.4 is 15.5 Å². The van der Waals surface area contributed by atoms with E-state index in [-0.39, 0.29) is 24.5 Å². The number of nitrogens with one attached hydrogen (secondary N) is 2. The number of hydrogen-bond donors (Lipinski definition) is 2. The first-order valence-electron chi connectivity index (χ1n) is 7.92. The third kappa shape index (κ3) is 4.46. The summed E-state index contributed by atoms with van der Waals surface area (Å²) in [5.41, 5.74) is 3.19. The van der Waals surface area contributed by atoms with Crippen LogP contribution in [0, 0.1) is 13.8 Å². The van der Waals surface area contributed by atoms with Crippen molar-refractivity contribution in [2.24, 2.45) is 0 Å². The fourth-order valence-electron chi connectivity index (χ4n) is 2.62. The van der Waals surface area contributed by atoms with Crippen LogP contribution in [-0.2, 0) is 14.3 Å². The maximum Gasteiger partial charge on any atom is 0.315 e. The number of carbonyl (C=O) groups excluding carboxylic acids is 2. The van der Waals surface area contributed by atoms with Gasteiger partial charge >= 0.3 is 6.03 Å². The number of benzene rings is 1. The Balaban J connectivity index is 1.90. The minimum Gasteiger partial charge on any atom is -0.354 e. The zero-order chi connectivity index (χ0) is 17.7. The Hall–Kier alpha value is -2.12. The van der Waals surface area contributed by atoms with E-state index in [4.69, 9.17) is 9.47 Å². The lowest BCUT2D eigenvalue weighted by Gasteiger charge is -2.19. The van der Waals surface area contributed by atoms with Crippen LogP contribution >= 0.6 is 0 Å². The predicted molar refractivity (Wildman–Crippen MR) is 91.0 cm³/mol. The van der Waals surface area contributed by atoms with E-state index in [1.54, 1.807) is 4.90 Å². The molecule has 1 atom stereocenters. The molecule has 1 fully saturated rings. The summed E-state index contributed by atoms with van der Waals surface area (Å²) in [6, 6.07) is 5.37. The van der Waals surface area contributed by atoms with Crippen molar-refractivity contribution in [1.82, 2.24) is 10.6 Å². The lowest BCUT2D eigenvalue weighted by Crippen LogP contribution is -2.46. The SMILES string of the molecule is COC(CNC(=O)NC1CC(=O)N(c2ccc(C)c(C)c2)C1)OC. The highest BCUT2D eigenvalue weighted by Crippen LogP contribution is 2.24. The van der Waals surface area contributed by atoms with Gasteiger partial charge in [0.15, 0.2) is 6.29 Å². The van der Waals surface area contributed by atoms with E-state index >= 15 is 0 Å². The third-order valence-corrected chi connectivity index (χ3v) is 4.22. The quantitative estimate of drug-likeness (QED) is 0.769. The summed E-state index contributed by atoms with van der Waals surface area (Å²) in [5.74, 6) is 0.00946. The van der Waals surface area contributed by atoms with E-state index in [2.05, 4.69) is 10.6 Å². The number of carbonyl (C=O) groups is 2. The summed E-state index contributed by atoms with van der Waals surface area (Å²) < 4.78 is 10.0. The maximum atomic E-state index is 12.2. The van der Waals surface area contributed by atoms with Crippen LogP contribution in [0.4, 0.5) is 10.5 Å². The number of anilines is 1. The molecule has 0 saturated carbocycles. The molecule has 1 heterocycles. The molecule has 1 unspecified atom stereocenters. The van der Waals surface area contributed by atoms with Crippen LogP contribution in [0.25, 0.3) is 0 Å². The second-order valence-corrected chi connectivity index (χ2v) is 5.93. The largest absolute Gasteiger partial charge is 0.354 e. The molecule has 7 nitrogen and oxygen atoms in total. The van der Waals surface area contributed by atoms with Crippen molar-refractivity contribution in [1.29, 1.82) is 0 Å². The van der Waals surface area contributed by atoms with Crippen molar-refractivity contribution in [3.63, 3.8) is 0 Å². The first-order chi connectivity index (χ1) is 11.4. The van der Waals surface area contributed by atoms with Gasteiger partial charge in [0, 0.05) is 32.9 Å². The van der Waals surface area contributed by atoms with Crippen molar-refractivity contribution in [2.45, 2.75) is 32.6 Å². The predicted octanol–water partition coefficient (Wildman–Crippen LogP) is 1.33. The summed E-state index contributed by atoms with van der Waals surface area (Å²) >= 11 is 0. The molecule has 2 N–H and O–H groups in total. The highest BCUT2D eigenvalue weighted by Gasteiger charge is 2.31. The van der Waals surface area contributed by atoms with Crippen molar-refractivity contribution in [2.75, 3.05) is 32.2 Å². The maximum absolute atomic E-state index is 12.2. The lowest BCUT2D eigenvalue weighted by atomic mass is 10.1. The van der Waals surface area contributed by atoms with Gasteiger partial charge in [0.1, 0.15) is 0 Å². The van der Waals surface area contributed by atoms with Crippen LogP contribution in [0.15, 0.2) is 18.2 Å². The number of methoxy groups -OCH3 is 2. The van der Waals surface area contributed by atoms with E-state index in [1.165, 1.54) is 19.8 Å². The molecule has 1 saturated heterocycles. The summed E-state index contributed by atoms with van der Waals surface area (Å²) in [4.78, 5) is 25.9. The van der Waals surface area contributed by atoms with E-state index < -0.39 is 6.29 Å². The van der Waals surface area contributed by atoms with Gasteiger partial charge in [-0.15, -0.1) is 0 Å². The number of hydrogen-bond acceptors (Lipinski definition) is 4. The molecule has 132 valence electrons. The summed E-state index contributed by atoms with van der Waals surface area (Å²) in [5, 5.41) is 5.48. The number of aryl methyl sites for hydroxylation is 2. The minimum atomic E-state index is -0.493. The van der Waals surface area contributed by atoms with Crippen molar-refractivity contribution < 1.29 is 19.1 Å². The topological polar surface area (TPSA) is 79.9 Å². The van der Waals surface area contributed by atoms with E-state index in [0.717, 1.165) is 11.3 Å². The van der Waals surface area contributed by atoms with Gasteiger partial charge in [-0.05, 0) is 37.1 Å². The van der Waals surface area contributed by atoms with Crippen LogP contribution in [0.3, 0.4) is 0 Å². The Morgan fingerprint density at radius 3 is 2.62 bits per heavy atom. The van der Waals surface area contributed by atoms with Gasteiger partial charge in [-0.2, -0.15) is 0 Å². The average Bonchev–Trinajstić information content (AvgIpc) is 2.91. The normalized spacial score (nSPS) is 17.5. The molecule has 0 radical (unpaired) electrons. The first-order valence-corrected chi connectivity index (χ1v) is 7.92. The first kappa shape index (κ1) is 18.2. The number of rotatable bonds is 6. The molecule has 3 amide bonds. The summed E-state index contributed by atoms with van der Waals surface area (Å²) in [6.07, 6.45) is -0.203. The Morgan fingerprint density at radius 1 is 1.29 bits per heavy atom. The van der Waals surface area contributed by atoms with Crippen LogP contribution in [0.5, 0.6) is 0 Å². The Kier molecular flexibility index (Phi) is 6.16. The smallest absolute Gasteiger partial charge is 0.315 e. The second kappa shape index (κ2) is 8.12. The van der Waals surface area contributed by atoms with Gasteiger partial charge in [0.25, 0.3) is 0 Å². The van der Waals surface area contributed by atoms with E-state index in [0.29, 0.717) is 13.0 Å². The highest BCUT2D eigenvalue weighted by molar-refractivity contribution is 5.96. The number of urea groups is 1. The van der Waals surface area contributed by atoms with Crippen molar-refractivity contribution in [3.05, 3.63) is 29.3 Å². The molecule has 1 aromatic carbocycles. The number of amides is 3.